The predicted octanol–water partition coefficient (Wildman–Crippen LogP) is 4.76. The fourth-order valence-corrected chi connectivity index (χ4v) is 4.47. The summed E-state index contributed by atoms with van der Waals surface area (Å²) in [6.07, 6.45) is 4.43. The first-order valence-corrected chi connectivity index (χ1v) is 12.0. The Balaban J connectivity index is 1.91. The maximum absolute atomic E-state index is 13.1. The lowest BCUT2D eigenvalue weighted by molar-refractivity contribution is -0.885. The first kappa shape index (κ1) is 24.2. The number of benzene rings is 2. The molecule has 0 saturated heterocycles. The minimum absolute atomic E-state index is 0.0617. The summed E-state index contributed by atoms with van der Waals surface area (Å²) in [6.45, 7) is 8.22. The van der Waals surface area contributed by atoms with Gasteiger partial charge in [0.25, 0.3) is 0 Å². The van der Waals surface area contributed by atoms with Gasteiger partial charge in [0, 0.05) is 27.4 Å². The Bertz CT molecular complexity index is 1100. The molecule has 0 aliphatic carbocycles. The zero-order chi connectivity index (χ0) is 23.5. The fraction of sp³-hybridized carbons (Fsp3) is 0.320. The maximum Gasteiger partial charge on any atom is 0.222 e. The molecule has 2 atom stereocenters. The van der Waals surface area contributed by atoms with Gasteiger partial charge in [-0.05, 0) is 60.2 Å². The summed E-state index contributed by atoms with van der Waals surface area (Å²) in [7, 11) is 0.0445. The predicted molar refractivity (Wildman–Crippen MR) is 129 cm³/mol. The number of halogens is 1. The van der Waals surface area contributed by atoms with Crippen molar-refractivity contribution in [1.29, 1.82) is 0 Å². The van der Waals surface area contributed by atoms with Crippen LogP contribution in [0.3, 0.4) is 0 Å². The standard InChI is InChI=1S/C25H30ClN2O3S/c1-6-24(2,3)18-7-10-21(11-8-18)32(30)27-23-12-9-20(26)17-22(23)25(4,29)19-13-15-28(31-5)16-14-19/h7-17,27,29H,6H2,1-5H3/q+1. The molecule has 2 unspecified atom stereocenters. The highest BCUT2D eigenvalue weighted by Crippen LogP contribution is 2.36. The molecule has 0 aliphatic rings. The first-order chi connectivity index (χ1) is 15.1. The van der Waals surface area contributed by atoms with Crippen molar-refractivity contribution in [3.63, 3.8) is 0 Å². The largest absolute Gasteiger partial charge is 0.381 e. The van der Waals surface area contributed by atoms with E-state index in [1.54, 1.807) is 56.8 Å². The Morgan fingerprint density at radius 1 is 1.03 bits per heavy atom. The quantitative estimate of drug-likeness (QED) is 0.463. The van der Waals surface area contributed by atoms with Gasteiger partial charge in [0.15, 0.2) is 0 Å². The summed E-state index contributed by atoms with van der Waals surface area (Å²) in [5.41, 5.74) is 1.60. The molecule has 2 N–H and O–H groups in total. The second-order valence-corrected chi connectivity index (χ2v) is 10.2. The number of nitrogens with zero attached hydrogens (tertiary/aromatic N) is 1. The van der Waals surface area contributed by atoms with Gasteiger partial charge < -0.3 is 9.83 Å². The fourth-order valence-electron chi connectivity index (χ4n) is 3.42. The van der Waals surface area contributed by atoms with Crippen LogP contribution >= 0.6 is 11.6 Å². The van der Waals surface area contributed by atoms with Crippen molar-refractivity contribution in [2.75, 3.05) is 11.8 Å². The van der Waals surface area contributed by atoms with Gasteiger partial charge in [0.2, 0.25) is 12.4 Å². The van der Waals surface area contributed by atoms with Crippen molar-refractivity contribution < 1.29 is 18.9 Å². The molecule has 32 heavy (non-hydrogen) atoms. The van der Waals surface area contributed by atoms with Crippen LogP contribution in [0.2, 0.25) is 5.02 Å². The van der Waals surface area contributed by atoms with E-state index in [2.05, 4.69) is 25.5 Å². The van der Waals surface area contributed by atoms with Crippen molar-refractivity contribution in [3.05, 3.63) is 88.7 Å². The Hall–Kier alpha value is -2.41. The van der Waals surface area contributed by atoms with E-state index in [-0.39, 0.29) is 5.41 Å². The van der Waals surface area contributed by atoms with Crippen LogP contribution < -0.4 is 14.3 Å². The molecule has 3 rings (SSSR count). The van der Waals surface area contributed by atoms with Crippen molar-refractivity contribution in [2.24, 2.45) is 0 Å². The highest BCUT2D eigenvalue weighted by atomic mass is 35.5. The molecular formula is C25H30ClN2O3S+. The van der Waals surface area contributed by atoms with Gasteiger partial charge >= 0.3 is 0 Å². The highest BCUT2D eigenvalue weighted by molar-refractivity contribution is 7.86. The van der Waals surface area contributed by atoms with E-state index in [0.717, 1.165) is 6.42 Å². The Kier molecular flexibility index (Phi) is 7.28. The van der Waals surface area contributed by atoms with E-state index in [1.807, 2.05) is 24.3 Å². The van der Waals surface area contributed by atoms with E-state index in [4.69, 9.17) is 16.4 Å². The molecule has 2 aromatic carbocycles. The molecule has 0 spiro atoms. The average molecular weight is 474 g/mol. The lowest BCUT2D eigenvalue weighted by atomic mass is 9.82. The van der Waals surface area contributed by atoms with Gasteiger partial charge in [-0.1, -0.05) is 44.5 Å². The molecular weight excluding hydrogens is 444 g/mol. The number of aliphatic hydroxyl groups is 1. The molecule has 0 aliphatic heterocycles. The molecule has 7 heteroatoms. The van der Waals surface area contributed by atoms with Gasteiger partial charge in [0.1, 0.15) is 23.7 Å². The number of pyridine rings is 1. The second-order valence-electron chi connectivity index (χ2n) is 8.52. The topological polar surface area (TPSA) is 62.4 Å². The van der Waals surface area contributed by atoms with Crippen molar-refractivity contribution in [2.45, 2.75) is 50.0 Å². The van der Waals surface area contributed by atoms with Crippen LogP contribution in [-0.2, 0) is 22.0 Å². The van der Waals surface area contributed by atoms with E-state index in [0.29, 0.717) is 26.7 Å². The highest BCUT2D eigenvalue weighted by Gasteiger charge is 2.30. The molecule has 0 radical (unpaired) electrons. The lowest BCUT2D eigenvalue weighted by Crippen LogP contribution is -2.40. The van der Waals surface area contributed by atoms with Crippen LogP contribution in [0.5, 0.6) is 0 Å². The minimum Gasteiger partial charge on any atom is -0.381 e. The Labute approximate surface area is 197 Å². The summed E-state index contributed by atoms with van der Waals surface area (Å²) in [5, 5.41) is 11.9. The molecule has 170 valence electrons. The van der Waals surface area contributed by atoms with E-state index in [1.165, 1.54) is 10.3 Å². The van der Waals surface area contributed by atoms with Crippen LogP contribution in [0.1, 0.15) is 50.8 Å². The SMILES string of the molecule is CCC(C)(C)c1ccc(S(=O)Nc2ccc(Cl)cc2C(C)(O)c2cc[n+](OC)cc2)cc1. The molecule has 1 aromatic heterocycles. The summed E-state index contributed by atoms with van der Waals surface area (Å²) < 4.78 is 17.7. The van der Waals surface area contributed by atoms with Crippen LogP contribution in [0.15, 0.2) is 71.9 Å². The molecule has 0 bridgehead atoms. The summed E-state index contributed by atoms with van der Waals surface area (Å²) in [5.74, 6) is 0. The number of hydrogen-bond donors (Lipinski definition) is 2. The third-order valence-corrected chi connectivity index (χ3v) is 7.36. The third-order valence-electron chi connectivity index (χ3n) is 6.02. The number of hydrogen-bond acceptors (Lipinski definition) is 3. The van der Waals surface area contributed by atoms with Crippen LogP contribution in [0, 0.1) is 0 Å². The van der Waals surface area contributed by atoms with Crippen molar-refractivity contribution in [1.82, 2.24) is 0 Å². The number of aromatic nitrogens is 1. The Morgan fingerprint density at radius 3 is 2.22 bits per heavy atom. The van der Waals surface area contributed by atoms with Gasteiger partial charge in [-0.25, -0.2) is 4.21 Å². The average Bonchev–Trinajstić information content (AvgIpc) is 2.80. The van der Waals surface area contributed by atoms with Crippen molar-refractivity contribution >= 4 is 28.3 Å². The maximum atomic E-state index is 13.1. The first-order valence-electron chi connectivity index (χ1n) is 10.5. The van der Waals surface area contributed by atoms with E-state index in [9.17, 15) is 9.32 Å². The summed E-state index contributed by atoms with van der Waals surface area (Å²) >= 11 is 6.25. The van der Waals surface area contributed by atoms with E-state index < -0.39 is 16.6 Å². The Morgan fingerprint density at radius 2 is 1.66 bits per heavy atom. The smallest absolute Gasteiger partial charge is 0.222 e. The zero-order valence-electron chi connectivity index (χ0n) is 19.1. The van der Waals surface area contributed by atoms with E-state index >= 15 is 0 Å². The molecule has 0 fully saturated rings. The zero-order valence-corrected chi connectivity index (χ0v) is 20.6. The van der Waals surface area contributed by atoms with Gasteiger partial charge in [-0.15, -0.1) is 0 Å². The number of rotatable bonds is 8. The molecule has 0 saturated carbocycles. The van der Waals surface area contributed by atoms with Gasteiger partial charge in [0.05, 0.1) is 10.6 Å². The molecule has 0 amide bonds. The lowest BCUT2D eigenvalue weighted by Gasteiger charge is -2.27. The number of nitrogens with one attached hydrogen (secondary N) is 1. The van der Waals surface area contributed by atoms with Crippen LogP contribution in [0.4, 0.5) is 5.69 Å². The summed E-state index contributed by atoms with van der Waals surface area (Å²) in [4.78, 5) is 5.78. The van der Waals surface area contributed by atoms with Crippen LogP contribution in [-0.4, -0.2) is 16.4 Å². The minimum atomic E-state index is -1.51. The number of anilines is 1. The summed E-state index contributed by atoms with van der Waals surface area (Å²) in [6, 6.07) is 16.5. The normalized spacial score (nSPS) is 14.5. The van der Waals surface area contributed by atoms with Gasteiger partial charge in [-0.3, -0.25) is 4.84 Å². The van der Waals surface area contributed by atoms with Crippen LogP contribution in [0.25, 0.3) is 0 Å². The van der Waals surface area contributed by atoms with Gasteiger partial charge in [-0.2, -0.15) is 0 Å². The molecule has 5 nitrogen and oxygen atoms in total. The molecule has 3 aromatic rings. The third kappa shape index (κ3) is 5.14. The van der Waals surface area contributed by atoms with Crippen molar-refractivity contribution in [3.8, 4) is 0 Å². The monoisotopic (exact) mass is 473 g/mol. The molecule has 1 heterocycles. The second kappa shape index (κ2) is 9.61.